The Morgan fingerprint density at radius 2 is 1.65 bits per heavy atom. The van der Waals surface area contributed by atoms with Gasteiger partial charge in [0.2, 0.25) is 5.78 Å². The summed E-state index contributed by atoms with van der Waals surface area (Å²) in [5, 5.41) is 57.0. The van der Waals surface area contributed by atoms with Crippen LogP contribution in [0.4, 0.5) is 0 Å². The zero-order valence-corrected chi connectivity index (χ0v) is 25.9. The number of aliphatic hydroxyl groups excluding tert-OH is 3. The molecular weight excluding hydrogens is 572 g/mol. The zero-order valence-electron chi connectivity index (χ0n) is 25.1. The minimum atomic E-state index is -2.91. The highest BCUT2D eigenvalue weighted by molar-refractivity contribution is 7.99. The number of ketones is 2. The van der Waals surface area contributed by atoms with Gasteiger partial charge >= 0.3 is 0 Å². The zero-order chi connectivity index (χ0) is 31.6. The molecule has 1 amide bonds. The molecule has 3 unspecified atom stereocenters. The maximum Gasteiger partial charge on any atom is 0.255 e. The Hall–Kier alpha value is -2.86. The Morgan fingerprint density at radius 1 is 1.02 bits per heavy atom. The number of rotatable bonds is 13. The van der Waals surface area contributed by atoms with E-state index in [-0.39, 0.29) is 16.9 Å². The molecule has 43 heavy (non-hydrogen) atoms. The third-order valence-corrected chi connectivity index (χ3v) is 10.4. The number of nitrogens with two attached hydrogens (primary N) is 1. The molecule has 1 aromatic rings. The van der Waals surface area contributed by atoms with Gasteiger partial charge in [-0.3, -0.25) is 19.3 Å². The van der Waals surface area contributed by atoms with Crippen molar-refractivity contribution < 1.29 is 39.9 Å². The number of phenolic OH excluding ortho intramolecular Hbond substituents is 1. The molecule has 1 fully saturated rings. The van der Waals surface area contributed by atoms with E-state index in [1.807, 2.05) is 0 Å². The Bertz CT molecular complexity index is 1320. The van der Waals surface area contributed by atoms with Gasteiger partial charge in [0.1, 0.15) is 22.8 Å². The van der Waals surface area contributed by atoms with Crippen LogP contribution in [0.3, 0.4) is 0 Å². The average Bonchev–Trinajstić information content (AvgIpc) is 2.94. The van der Waals surface area contributed by atoms with Crippen LogP contribution in [0.1, 0.15) is 75.3 Å². The second-order valence-corrected chi connectivity index (χ2v) is 13.3. The number of primary amides is 1. The van der Waals surface area contributed by atoms with Gasteiger partial charge < -0.3 is 31.3 Å². The number of benzene rings is 1. The predicted octanol–water partition coefficient (Wildman–Crippen LogP) is 3.35. The second-order valence-electron chi connectivity index (χ2n) is 12.2. The summed E-state index contributed by atoms with van der Waals surface area (Å²) < 4.78 is 0. The van der Waals surface area contributed by atoms with Crippen molar-refractivity contribution in [3.8, 4) is 5.75 Å². The van der Waals surface area contributed by atoms with Gasteiger partial charge in [-0.1, -0.05) is 64.0 Å². The van der Waals surface area contributed by atoms with E-state index in [0.717, 1.165) is 25.0 Å². The summed E-state index contributed by atoms with van der Waals surface area (Å²) in [6.07, 6.45) is 7.83. The summed E-state index contributed by atoms with van der Waals surface area (Å²) in [7, 11) is 2.99. The molecule has 3 aliphatic carbocycles. The van der Waals surface area contributed by atoms with Gasteiger partial charge in [-0.25, -0.2) is 0 Å². The highest BCUT2D eigenvalue weighted by Crippen LogP contribution is 2.56. The molecule has 0 heterocycles. The SMILES string of the molecule is CCCCCCCCCCSC[C@H]1c2cccc(O)c2C(O)=C2C(=O)[C@]3(O)C(O)=C(C(N)=O)C(=O)[C@@H](N(C)C)C3C(O)C21. The maximum absolute atomic E-state index is 14.2. The predicted molar refractivity (Wildman–Crippen MR) is 165 cm³/mol. The summed E-state index contributed by atoms with van der Waals surface area (Å²) in [6.45, 7) is 2.20. The number of thioether (sulfide) groups is 1. The van der Waals surface area contributed by atoms with Crippen molar-refractivity contribution in [1.29, 1.82) is 0 Å². The largest absolute Gasteiger partial charge is 0.508 e. The molecular formula is C32H44N2O8S. The molecule has 6 atom stereocenters. The fraction of sp³-hybridized carbons (Fsp3) is 0.594. The number of aliphatic hydroxyl groups is 4. The summed E-state index contributed by atoms with van der Waals surface area (Å²) in [4.78, 5) is 41.2. The molecule has 0 aromatic heterocycles. The number of carbonyl (C=O) groups is 3. The quantitative estimate of drug-likeness (QED) is 0.142. The van der Waals surface area contributed by atoms with E-state index >= 15 is 0 Å². The van der Waals surface area contributed by atoms with E-state index < -0.39 is 70.1 Å². The van der Waals surface area contributed by atoms with Crippen LogP contribution in [-0.2, 0) is 14.4 Å². The molecule has 0 spiro atoms. The molecule has 1 aromatic carbocycles. The van der Waals surface area contributed by atoms with Crippen LogP contribution in [0.5, 0.6) is 5.75 Å². The number of phenols is 1. The van der Waals surface area contributed by atoms with Crippen LogP contribution >= 0.6 is 11.8 Å². The Kier molecular flexibility index (Phi) is 10.3. The molecule has 236 valence electrons. The summed E-state index contributed by atoms with van der Waals surface area (Å²) in [5.41, 5.74) is 1.74. The van der Waals surface area contributed by atoms with Crippen molar-refractivity contribution in [3.05, 3.63) is 46.2 Å². The molecule has 0 aliphatic heterocycles. The Balaban J connectivity index is 1.69. The monoisotopic (exact) mass is 616 g/mol. The van der Waals surface area contributed by atoms with E-state index in [1.54, 1.807) is 23.9 Å². The third-order valence-electron chi connectivity index (χ3n) is 9.24. The van der Waals surface area contributed by atoms with Crippen LogP contribution in [0.25, 0.3) is 5.76 Å². The van der Waals surface area contributed by atoms with Crippen LogP contribution in [0.15, 0.2) is 35.1 Å². The molecule has 7 N–H and O–H groups in total. The number of likely N-dealkylation sites (N-methyl/N-ethyl adjacent to an activating group) is 1. The number of hydrogen-bond acceptors (Lipinski definition) is 10. The third kappa shape index (κ3) is 5.72. The van der Waals surface area contributed by atoms with Crippen molar-refractivity contribution in [3.63, 3.8) is 0 Å². The normalized spacial score (nSPS) is 28.7. The number of Topliss-reactive ketones (excluding diaryl/α,β-unsaturated/α-hetero) is 2. The van der Waals surface area contributed by atoms with Gasteiger partial charge in [0.25, 0.3) is 5.91 Å². The number of carbonyl (C=O) groups excluding carboxylic acids is 3. The number of hydrogen-bond donors (Lipinski definition) is 6. The van der Waals surface area contributed by atoms with E-state index in [4.69, 9.17) is 5.73 Å². The number of unbranched alkanes of at least 4 members (excludes halogenated alkanes) is 7. The highest BCUT2D eigenvalue weighted by atomic mass is 32.2. The van der Waals surface area contributed by atoms with Crippen molar-refractivity contribution in [2.24, 2.45) is 17.6 Å². The lowest BCUT2D eigenvalue weighted by Crippen LogP contribution is -2.70. The molecule has 3 aliphatic rings. The first kappa shape index (κ1) is 33.0. The van der Waals surface area contributed by atoms with Gasteiger partial charge in [0.05, 0.1) is 23.6 Å². The molecule has 4 rings (SSSR count). The molecule has 10 nitrogen and oxygen atoms in total. The Labute approximate surface area is 256 Å². The Morgan fingerprint density at radius 3 is 2.26 bits per heavy atom. The minimum Gasteiger partial charge on any atom is -0.508 e. The lowest BCUT2D eigenvalue weighted by atomic mass is 9.54. The van der Waals surface area contributed by atoms with Crippen LogP contribution in [0.2, 0.25) is 0 Å². The van der Waals surface area contributed by atoms with Gasteiger partial charge in [-0.15, -0.1) is 0 Å². The standard InChI is InChI=1S/C32H44N2O8S/c1-4-5-6-7-8-9-10-11-15-43-16-18-17-13-12-14-19(35)20(17)26(36)22-21(18)27(37)24-25(34(2)3)28(38)23(31(33)41)30(40)32(24,42)29(22)39/h12-14,18,21,24-25,27,35-37,40,42H,4-11,15-16H2,1-3H3,(H2,33,41)/t18-,21?,24?,25-,27?,32-/m0/s1. The smallest absolute Gasteiger partial charge is 0.255 e. The van der Waals surface area contributed by atoms with Gasteiger partial charge in [0.15, 0.2) is 11.4 Å². The van der Waals surface area contributed by atoms with Crippen LogP contribution < -0.4 is 5.73 Å². The summed E-state index contributed by atoms with van der Waals surface area (Å²) in [6, 6.07) is 3.34. The van der Waals surface area contributed by atoms with E-state index in [0.29, 0.717) is 11.3 Å². The van der Waals surface area contributed by atoms with Crippen molar-refractivity contribution in [2.75, 3.05) is 25.6 Å². The number of nitrogens with zero attached hydrogens (tertiary/aromatic N) is 1. The second kappa shape index (κ2) is 13.4. The molecule has 1 saturated carbocycles. The van der Waals surface area contributed by atoms with E-state index in [1.165, 1.54) is 57.2 Å². The fourth-order valence-electron chi connectivity index (χ4n) is 7.14. The highest BCUT2D eigenvalue weighted by Gasteiger charge is 2.68. The average molecular weight is 617 g/mol. The molecule has 11 heteroatoms. The number of aromatic hydroxyl groups is 1. The number of fused-ring (bicyclic) bond motifs is 3. The molecule has 0 bridgehead atoms. The first-order valence-corrected chi connectivity index (χ1v) is 16.3. The van der Waals surface area contributed by atoms with Crippen molar-refractivity contribution >= 4 is 35.0 Å². The summed E-state index contributed by atoms with van der Waals surface area (Å²) in [5.74, 6) is -7.46. The summed E-state index contributed by atoms with van der Waals surface area (Å²) >= 11 is 1.63. The number of amides is 1. The minimum absolute atomic E-state index is 0.0173. The lowest BCUT2D eigenvalue weighted by molar-refractivity contribution is -0.169. The molecule has 0 radical (unpaired) electrons. The van der Waals surface area contributed by atoms with E-state index in [9.17, 15) is 39.9 Å². The van der Waals surface area contributed by atoms with Gasteiger partial charge in [-0.2, -0.15) is 11.8 Å². The first-order valence-electron chi connectivity index (χ1n) is 15.1. The van der Waals surface area contributed by atoms with Gasteiger partial charge in [-0.05, 0) is 37.9 Å². The van der Waals surface area contributed by atoms with Gasteiger partial charge in [0, 0.05) is 23.2 Å². The topological polar surface area (TPSA) is 182 Å². The van der Waals surface area contributed by atoms with Crippen molar-refractivity contribution in [2.45, 2.75) is 82.0 Å². The van der Waals surface area contributed by atoms with Crippen molar-refractivity contribution in [1.82, 2.24) is 4.90 Å². The van der Waals surface area contributed by atoms with Crippen LogP contribution in [0, 0.1) is 11.8 Å². The lowest BCUT2D eigenvalue weighted by Gasteiger charge is -2.54. The molecule has 0 saturated heterocycles. The maximum atomic E-state index is 14.2. The fourth-order valence-corrected chi connectivity index (χ4v) is 8.36. The van der Waals surface area contributed by atoms with E-state index in [2.05, 4.69) is 6.92 Å². The first-order chi connectivity index (χ1) is 20.4. The van der Waals surface area contributed by atoms with Crippen LogP contribution in [-0.4, -0.2) is 91.3 Å².